The Hall–Kier alpha value is -0.970. The quantitative estimate of drug-likeness (QED) is 0.874. The molecule has 0 bridgehead atoms. The van der Waals surface area contributed by atoms with Crippen LogP contribution < -0.4 is 5.32 Å². The Balaban J connectivity index is 2.78. The molecule has 0 fully saturated rings. The van der Waals surface area contributed by atoms with E-state index < -0.39 is 12.3 Å². The number of aryl methyl sites for hydroxylation is 1. The highest BCUT2D eigenvalue weighted by molar-refractivity contribution is 9.10. The summed E-state index contributed by atoms with van der Waals surface area (Å²) < 4.78 is 24.5. The third-order valence-corrected chi connectivity index (χ3v) is 2.49. The number of rotatable bonds is 2. The van der Waals surface area contributed by atoms with Crippen LogP contribution in [0, 0.1) is 6.92 Å². The van der Waals surface area contributed by atoms with Gasteiger partial charge in [0.1, 0.15) is 0 Å². The molecule has 0 aromatic heterocycles. The predicted molar refractivity (Wildman–Crippen MR) is 53.5 cm³/mol. The summed E-state index contributed by atoms with van der Waals surface area (Å²) in [6.45, 7) is 1.86. The number of halogens is 3. The lowest BCUT2D eigenvalue weighted by Gasteiger charge is -2.05. The van der Waals surface area contributed by atoms with Gasteiger partial charge in [0, 0.05) is 10.2 Å². The van der Waals surface area contributed by atoms with Crippen LogP contribution in [0.2, 0.25) is 0 Å². The van der Waals surface area contributed by atoms with Gasteiger partial charge in [0.25, 0.3) is 5.91 Å². The third-order valence-electron chi connectivity index (χ3n) is 1.64. The van der Waals surface area contributed by atoms with E-state index in [-0.39, 0.29) is 0 Å². The van der Waals surface area contributed by atoms with Gasteiger partial charge in [-0.25, -0.2) is 0 Å². The van der Waals surface area contributed by atoms with Gasteiger partial charge in [-0.3, -0.25) is 4.79 Å². The zero-order valence-electron chi connectivity index (χ0n) is 7.35. The summed E-state index contributed by atoms with van der Waals surface area (Å²) in [5.74, 6) is -1.29. The Labute approximate surface area is 88.4 Å². The first-order valence-corrected chi connectivity index (χ1v) is 4.65. The molecule has 76 valence electrons. The van der Waals surface area contributed by atoms with Crippen molar-refractivity contribution < 1.29 is 13.6 Å². The molecule has 1 amide bonds. The molecule has 1 rings (SSSR count). The fourth-order valence-electron chi connectivity index (χ4n) is 0.867. The van der Waals surface area contributed by atoms with Crippen LogP contribution in [0.4, 0.5) is 14.5 Å². The van der Waals surface area contributed by atoms with E-state index in [2.05, 4.69) is 21.2 Å². The Morgan fingerprint density at radius 2 is 2.14 bits per heavy atom. The number of benzene rings is 1. The largest absolute Gasteiger partial charge is 0.321 e. The van der Waals surface area contributed by atoms with Crippen molar-refractivity contribution in [3.05, 3.63) is 28.2 Å². The predicted octanol–water partition coefficient (Wildman–Crippen LogP) is 2.96. The van der Waals surface area contributed by atoms with Crippen molar-refractivity contribution in [3.8, 4) is 0 Å². The van der Waals surface area contributed by atoms with Gasteiger partial charge in [-0.05, 0) is 24.6 Å². The molecule has 0 unspecified atom stereocenters. The minimum atomic E-state index is -2.99. The summed E-state index contributed by atoms with van der Waals surface area (Å²) in [7, 11) is 0. The van der Waals surface area contributed by atoms with Crippen molar-refractivity contribution in [2.45, 2.75) is 13.3 Å². The van der Waals surface area contributed by atoms with E-state index in [1.807, 2.05) is 6.92 Å². The zero-order valence-corrected chi connectivity index (χ0v) is 8.94. The van der Waals surface area contributed by atoms with E-state index in [0.717, 1.165) is 10.0 Å². The average molecular weight is 264 g/mol. The van der Waals surface area contributed by atoms with Gasteiger partial charge in [0.05, 0.1) is 0 Å². The second-order valence-electron chi connectivity index (χ2n) is 2.75. The number of carbonyl (C=O) groups excluding carboxylic acids is 1. The van der Waals surface area contributed by atoms with Crippen molar-refractivity contribution >= 4 is 27.5 Å². The molecule has 1 aromatic carbocycles. The summed E-state index contributed by atoms with van der Waals surface area (Å²) in [5, 5.41) is 2.09. The monoisotopic (exact) mass is 263 g/mol. The molecule has 1 aromatic rings. The minimum absolute atomic E-state index is 0.354. The number of alkyl halides is 2. The molecular weight excluding hydrogens is 256 g/mol. The maximum absolute atomic E-state index is 11.9. The van der Waals surface area contributed by atoms with E-state index >= 15 is 0 Å². The first kappa shape index (κ1) is 11.1. The van der Waals surface area contributed by atoms with E-state index in [4.69, 9.17) is 0 Å². The van der Waals surface area contributed by atoms with Gasteiger partial charge in [-0.15, -0.1) is 0 Å². The Morgan fingerprint density at radius 3 is 2.64 bits per heavy atom. The normalized spacial score (nSPS) is 10.4. The average Bonchev–Trinajstić information content (AvgIpc) is 2.11. The van der Waals surface area contributed by atoms with Crippen molar-refractivity contribution in [2.24, 2.45) is 0 Å². The molecule has 0 saturated heterocycles. The van der Waals surface area contributed by atoms with Crippen LogP contribution in [-0.4, -0.2) is 12.3 Å². The summed E-state index contributed by atoms with van der Waals surface area (Å²) >= 11 is 3.23. The number of hydrogen-bond acceptors (Lipinski definition) is 1. The SMILES string of the molecule is Cc1ccc(NC(=O)C(F)F)cc1Br. The Bertz CT molecular complexity index is 355. The fraction of sp³-hybridized carbons (Fsp3) is 0.222. The summed E-state index contributed by atoms with van der Waals surface area (Å²) in [6.07, 6.45) is -2.99. The topological polar surface area (TPSA) is 29.1 Å². The van der Waals surface area contributed by atoms with Crippen molar-refractivity contribution in [1.82, 2.24) is 0 Å². The molecule has 14 heavy (non-hydrogen) atoms. The van der Waals surface area contributed by atoms with Gasteiger partial charge in [0.2, 0.25) is 0 Å². The Kier molecular flexibility index (Phi) is 3.57. The number of hydrogen-bond donors (Lipinski definition) is 1. The highest BCUT2D eigenvalue weighted by atomic mass is 79.9. The van der Waals surface area contributed by atoms with Gasteiger partial charge >= 0.3 is 6.43 Å². The lowest BCUT2D eigenvalue weighted by Crippen LogP contribution is -2.19. The number of nitrogens with one attached hydrogen (secondary N) is 1. The van der Waals surface area contributed by atoms with Crippen LogP contribution in [0.3, 0.4) is 0 Å². The first-order chi connectivity index (χ1) is 6.50. The molecule has 0 aliphatic heterocycles. The highest BCUT2D eigenvalue weighted by Gasteiger charge is 2.14. The standard InChI is InChI=1S/C9H8BrF2NO/c1-5-2-3-6(4-7(5)10)13-9(14)8(11)12/h2-4,8H,1H3,(H,13,14). The molecule has 0 aliphatic rings. The second-order valence-corrected chi connectivity index (χ2v) is 3.61. The lowest BCUT2D eigenvalue weighted by atomic mass is 10.2. The summed E-state index contributed by atoms with van der Waals surface area (Å²) in [4.78, 5) is 10.6. The van der Waals surface area contributed by atoms with Gasteiger partial charge in [-0.1, -0.05) is 22.0 Å². The van der Waals surface area contributed by atoms with E-state index in [1.165, 1.54) is 0 Å². The smallest absolute Gasteiger partial charge is 0.315 e. The van der Waals surface area contributed by atoms with Crippen LogP contribution in [0.1, 0.15) is 5.56 Å². The van der Waals surface area contributed by atoms with Gasteiger partial charge in [0.15, 0.2) is 0 Å². The van der Waals surface area contributed by atoms with Crippen LogP contribution in [0.25, 0.3) is 0 Å². The molecular formula is C9H8BrF2NO. The summed E-state index contributed by atoms with van der Waals surface area (Å²) in [5.41, 5.74) is 1.33. The molecule has 2 nitrogen and oxygen atoms in total. The molecule has 0 saturated carbocycles. The number of amides is 1. The lowest BCUT2D eigenvalue weighted by molar-refractivity contribution is -0.126. The number of anilines is 1. The third kappa shape index (κ3) is 2.77. The van der Waals surface area contributed by atoms with E-state index in [1.54, 1.807) is 18.2 Å². The summed E-state index contributed by atoms with van der Waals surface area (Å²) in [6, 6.07) is 4.88. The van der Waals surface area contributed by atoms with Crippen molar-refractivity contribution in [2.75, 3.05) is 5.32 Å². The van der Waals surface area contributed by atoms with Gasteiger partial charge in [-0.2, -0.15) is 8.78 Å². The molecule has 0 atom stereocenters. The molecule has 0 spiro atoms. The van der Waals surface area contributed by atoms with Crippen molar-refractivity contribution in [3.63, 3.8) is 0 Å². The van der Waals surface area contributed by atoms with Crippen LogP contribution in [0.5, 0.6) is 0 Å². The van der Waals surface area contributed by atoms with Crippen LogP contribution >= 0.6 is 15.9 Å². The Morgan fingerprint density at radius 1 is 1.50 bits per heavy atom. The van der Waals surface area contributed by atoms with Crippen LogP contribution in [0.15, 0.2) is 22.7 Å². The van der Waals surface area contributed by atoms with E-state index in [9.17, 15) is 13.6 Å². The minimum Gasteiger partial charge on any atom is -0.321 e. The molecule has 5 heteroatoms. The molecule has 0 aliphatic carbocycles. The highest BCUT2D eigenvalue weighted by Crippen LogP contribution is 2.20. The fourth-order valence-corrected chi connectivity index (χ4v) is 1.25. The van der Waals surface area contributed by atoms with Crippen LogP contribution in [-0.2, 0) is 4.79 Å². The van der Waals surface area contributed by atoms with E-state index in [0.29, 0.717) is 5.69 Å². The zero-order chi connectivity index (χ0) is 10.7. The molecule has 1 N–H and O–H groups in total. The second kappa shape index (κ2) is 4.50. The van der Waals surface area contributed by atoms with Gasteiger partial charge < -0.3 is 5.32 Å². The molecule has 0 heterocycles. The number of carbonyl (C=O) groups is 1. The maximum atomic E-state index is 11.9. The van der Waals surface area contributed by atoms with Crippen molar-refractivity contribution in [1.29, 1.82) is 0 Å². The molecule has 0 radical (unpaired) electrons. The maximum Gasteiger partial charge on any atom is 0.315 e. The first-order valence-electron chi connectivity index (χ1n) is 3.86.